The smallest absolute Gasteiger partial charge is 0.243 e. The molecule has 3 N–H and O–H groups in total. The normalized spacial score (nSPS) is 23.6. The summed E-state index contributed by atoms with van der Waals surface area (Å²) >= 11 is 0. The fourth-order valence-corrected chi connectivity index (χ4v) is 1.71. The van der Waals surface area contributed by atoms with Crippen LogP contribution in [0.1, 0.15) is 43.9 Å². The molecule has 1 unspecified atom stereocenters. The Morgan fingerprint density at radius 2 is 2.33 bits per heavy atom. The lowest BCUT2D eigenvalue weighted by molar-refractivity contribution is 0.321. The predicted octanol–water partition coefficient (Wildman–Crippen LogP) is 0.802. The van der Waals surface area contributed by atoms with E-state index in [0.29, 0.717) is 17.7 Å². The number of aromatic nitrogens is 2. The Morgan fingerprint density at radius 1 is 1.53 bits per heavy atom. The molecule has 15 heavy (non-hydrogen) atoms. The molecule has 1 fully saturated rings. The molecule has 0 bridgehead atoms. The first-order valence-corrected chi connectivity index (χ1v) is 5.48. The number of hydrogen-bond acceptors (Lipinski definition) is 5. The lowest BCUT2D eigenvalue weighted by Crippen LogP contribution is -2.17. The summed E-state index contributed by atoms with van der Waals surface area (Å²) in [6, 6.07) is -0.152. The summed E-state index contributed by atoms with van der Waals surface area (Å²) < 4.78 is 5.19. The van der Waals surface area contributed by atoms with Crippen LogP contribution in [0.15, 0.2) is 4.52 Å². The maximum Gasteiger partial charge on any atom is 0.243 e. The molecule has 1 aromatic heterocycles. The Bertz CT molecular complexity index is 300. The molecule has 0 amide bonds. The molecule has 1 saturated heterocycles. The van der Waals surface area contributed by atoms with Gasteiger partial charge in [0.05, 0.1) is 6.04 Å². The van der Waals surface area contributed by atoms with E-state index in [1.807, 2.05) is 13.8 Å². The third-order valence-corrected chi connectivity index (χ3v) is 2.89. The van der Waals surface area contributed by atoms with Crippen molar-refractivity contribution in [3.05, 3.63) is 11.7 Å². The van der Waals surface area contributed by atoms with Crippen molar-refractivity contribution in [2.75, 3.05) is 13.1 Å². The van der Waals surface area contributed by atoms with Crippen molar-refractivity contribution >= 4 is 0 Å². The molecule has 0 aromatic carbocycles. The predicted molar refractivity (Wildman–Crippen MR) is 56.3 cm³/mol. The van der Waals surface area contributed by atoms with E-state index in [1.54, 1.807) is 0 Å². The Hall–Kier alpha value is -0.940. The summed E-state index contributed by atoms with van der Waals surface area (Å²) in [5, 5.41) is 7.27. The van der Waals surface area contributed by atoms with E-state index in [0.717, 1.165) is 25.3 Å². The van der Waals surface area contributed by atoms with E-state index in [-0.39, 0.29) is 6.04 Å². The highest BCUT2D eigenvalue weighted by Crippen LogP contribution is 2.22. The van der Waals surface area contributed by atoms with Crippen LogP contribution in [0.4, 0.5) is 0 Å². The summed E-state index contributed by atoms with van der Waals surface area (Å²) in [5.41, 5.74) is 5.94. The van der Waals surface area contributed by atoms with E-state index in [2.05, 4.69) is 15.5 Å². The van der Waals surface area contributed by atoms with Gasteiger partial charge in [-0.3, -0.25) is 0 Å². The molecule has 1 aliphatic heterocycles. The monoisotopic (exact) mass is 210 g/mol. The van der Waals surface area contributed by atoms with Crippen LogP contribution in [0, 0.1) is 5.92 Å². The van der Waals surface area contributed by atoms with Crippen LogP contribution in [0.5, 0.6) is 0 Å². The molecule has 2 atom stereocenters. The Balaban J connectivity index is 2.09. The van der Waals surface area contributed by atoms with Crippen molar-refractivity contribution in [3.63, 3.8) is 0 Å². The summed E-state index contributed by atoms with van der Waals surface area (Å²) in [7, 11) is 0. The molecule has 2 heterocycles. The zero-order chi connectivity index (χ0) is 10.8. The molecule has 0 aliphatic carbocycles. The maximum absolute atomic E-state index is 5.94. The van der Waals surface area contributed by atoms with Gasteiger partial charge in [-0.2, -0.15) is 4.98 Å². The lowest BCUT2D eigenvalue weighted by atomic mass is 10.1. The number of nitrogens with zero attached hydrogens (tertiary/aromatic N) is 2. The van der Waals surface area contributed by atoms with Gasteiger partial charge < -0.3 is 15.6 Å². The molecule has 0 saturated carbocycles. The van der Waals surface area contributed by atoms with E-state index in [1.165, 1.54) is 0 Å². The standard InChI is InChI=1S/C10H18N4O/c1-6(2)8(11)10-13-9(14-15-10)7-3-4-12-5-7/h6-8,12H,3-5,11H2,1-2H3/t7?,8-/m1/s1. The highest BCUT2D eigenvalue weighted by molar-refractivity contribution is 5.01. The van der Waals surface area contributed by atoms with Gasteiger partial charge in [0.2, 0.25) is 5.89 Å². The molecule has 0 spiro atoms. The van der Waals surface area contributed by atoms with Gasteiger partial charge in [0.1, 0.15) is 0 Å². The maximum atomic E-state index is 5.94. The van der Waals surface area contributed by atoms with Gasteiger partial charge in [-0.1, -0.05) is 19.0 Å². The van der Waals surface area contributed by atoms with Crippen molar-refractivity contribution in [1.29, 1.82) is 0 Å². The van der Waals surface area contributed by atoms with Gasteiger partial charge in [0.15, 0.2) is 5.82 Å². The number of nitrogens with two attached hydrogens (primary N) is 1. The topological polar surface area (TPSA) is 77.0 Å². The van der Waals surface area contributed by atoms with Crippen LogP contribution in [0.2, 0.25) is 0 Å². The number of nitrogens with one attached hydrogen (secondary N) is 1. The number of hydrogen-bond donors (Lipinski definition) is 2. The van der Waals surface area contributed by atoms with Crippen LogP contribution in [0.3, 0.4) is 0 Å². The second kappa shape index (κ2) is 4.28. The van der Waals surface area contributed by atoms with Crippen LogP contribution in [-0.2, 0) is 0 Å². The zero-order valence-corrected chi connectivity index (χ0v) is 9.23. The van der Waals surface area contributed by atoms with Crippen LogP contribution in [-0.4, -0.2) is 23.2 Å². The zero-order valence-electron chi connectivity index (χ0n) is 9.23. The molecule has 2 rings (SSSR count). The molecular formula is C10H18N4O. The average Bonchev–Trinajstić information content (AvgIpc) is 2.86. The Morgan fingerprint density at radius 3 is 2.93 bits per heavy atom. The third-order valence-electron chi connectivity index (χ3n) is 2.89. The van der Waals surface area contributed by atoms with Gasteiger partial charge >= 0.3 is 0 Å². The molecule has 1 aliphatic rings. The van der Waals surface area contributed by atoms with Crippen molar-refractivity contribution in [3.8, 4) is 0 Å². The summed E-state index contributed by atoms with van der Waals surface area (Å²) in [4.78, 5) is 4.37. The SMILES string of the molecule is CC(C)[C@@H](N)c1nc(C2CCNC2)no1. The van der Waals surface area contributed by atoms with Gasteiger partial charge in [-0.05, 0) is 18.9 Å². The molecule has 1 aromatic rings. The first-order chi connectivity index (χ1) is 7.18. The molecule has 0 radical (unpaired) electrons. The quantitative estimate of drug-likeness (QED) is 0.771. The summed E-state index contributed by atoms with van der Waals surface area (Å²) in [5.74, 6) is 2.07. The first-order valence-electron chi connectivity index (χ1n) is 5.48. The van der Waals surface area contributed by atoms with E-state index < -0.39 is 0 Å². The highest BCUT2D eigenvalue weighted by Gasteiger charge is 2.24. The molecule has 5 heteroatoms. The highest BCUT2D eigenvalue weighted by atomic mass is 16.5. The molecule has 84 valence electrons. The van der Waals surface area contributed by atoms with E-state index >= 15 is 0 Å². The minimum atomic E-state index is -0.152. The van der Waals surface area contributed by atoms with Crippen molar-refractivity contribution in [1.82, 2.24) is 15.5 Å². The second-order valence-corrected chi connectivity index (χ2v) is 4.45. The van der Waals surface area contributed by atoms with Crippen LogP contribution < -0.4 is 11.1 Å². The van der Waals surface area contributed by atoms with Gasteiger partial charge in [-0.25, -0.2) is 0 Å². The number of rotatable bonds is 3. The third kappa shape index (κ3) is 2.18. The van der Waals surface area contributed by atoms with Crippen molar-refractivity contribution < 1.29 is 4.52 Å². The van der Waals surface area contributed by atoms with Crippen LogP contribution in [0.25, 0.3) is 0 Å². The summed E-state index contributed by atoms with van der Waals surface area (Å²) in [6.45, 7) is 6.07. The summed E-state index contributed by atoms with van der Waals surface area (Å²) in [6.07, 6.45) is 1.08. The van der Waals surface area contributed by atoms with Gasteiger partial charge in [0, 0.05) is 12.5 Å². The van der Waals surface area contributed by atoms with Crippen LogP contribution >= 0.6 is 0 Å². The van der Waals surface area contributed by atoms with Gasteiger partial charge in [-0.15, -0.1) is 0 Å². The van der Waals surface area contributed by atoms with Crippen molar-refractivity contribution in [2.45, 2.75) is 32.2 Å². The first kappa shape index (κ1) is 10.6. The Kier molecular flexibility index (Phi) is 3.02. The lowest BCUT2D eigenvalue weighted by Gasteiger charge is -2.09. The second-order valence-electron chi connectivity index (χ2n) is 4.45. The molecule has 5 nitrogen and oxygen atoms in total. The van der Waals surface area contributed by atoms with Crippen molar-refractivity contribution in [2.24, 2.45) is 11.7 Å². The molecular weight excluding hydrogens is 192 g/mol. The largest absolute Gasteiger partial charge is 0.338 e. The average molecular weight is 210 g/mol. The minimum absolute atomic E-state index is 0.152. The van der Waals surface area contributed by atoms with Gasteiger partial charge in [0.25, 0.3) is 0 Å². The van der Waals surface area contributed by atoms with E-state index in [4.69, 9.17) is 10.3 Å². The fraction of sp³-hybridized carbons (Fsp3) is 0.800. The fourth-order valence-electron chi connectivity index (χ4n) is 1.71. The Labute approximate surface area is 89.4 Å². The minimum Gasteiger partial charge on any atom is -0.338 e. The van der Waals surface area contributed by atoms with E-state index in [9.17, 15) is 0 Å².